The summed E-state index contributed by atoms with van der Waals surface area (Å²) in [6, 6.07) is 0. The summed E-state index contributed by atoms with van der Waals surface area (Å²) in [5.41, 5.74) is 0. The Labute approximate surface area is 135 Å². The molecule has 0 aromatic carbocycles. The van der Waals surface area contributed by atoms with Gasteiger partial charge in [0.25, 0.3) is 11.7 Å². The molecule has 0 fully saturated rings. The van der Waals surface area contributed by atoms with Crippen molar-refractivity contribution in [3.63, 3.8) is 0 Å². The van der Waals surface area contributed by atoms with Crippen LogP contribution in [0.5, 0.6) is 0 Å². The maximum absolute atomic E-state index is 9.69. The molecule has 0 saturated heterocycles. The first-order valence-electron chi connectivity index (χ1n) is 3.11. The van der Waals surface area contributed by atoms with Gasteiger partial charge in [-0.25, -0.2) is 0 Å². The van der Waals surface area contributed by atoms with Crippen molar-refractivity contribution in [3.05, 3.63) is 0 Å². The standard InChI is InChI=1S/2C2H4BrO3P.Ca/c2*3-1-2(4)7(5)6;/h2*2,4H,1H2;/q;;+2. The molecule has 0 aliphatic carbocycles. The number of rotatable bonds is 4. The van der Waals surface area contributed by atoms with Gasteiger partial charge in [-0.2, -0.15) is 0 Å². The van der Waals surface area contributed by atoms with Gasteiger partial charge >= 0.3 is 53.8 Å². The van der Waals surface area contributed by atoms with Crippen LogP contribution >= 0.6 is 47.9 Å². The van der Waals surface area contributed by atoms with Gasteiger partial charge in [-0.15, -0.1) is 0 Å². The van der Waals surface area contributed by atoms with Crippen molar-refractivity contribution in [3.8, 4) is 0 Å². The van der Waals surface area contributed by atoms with E-state index in [1.807, 2.05) is 0 Å². The Kier molecular flexibility index (Phi) is 21.4. The minimum atomic E-state index is -2.65. The van der Waals surface area contributed by atoms with Gasteiger partial charge in [0.15, 0.2) is 0 Å². The predicted molar refractivity (Wildman–Crippen MR) is 60.6 cm³/mol. The molecule has 4 atom stereocenters. The van der Waals surface area contributed by atoms with E-state index >= 15 is 0 Å². The number of hydrogen-bond donors (Lipinski definition) is 2. The molecule has 0 rings (SSSR count). The minimum Gasteiger partial charge on any atom is -0.593 e. The van der Waals surface area contributed by atoms with E-state index in [0.717, 1.165) is 0 Å². The van der Waals surface area contributed by atoms with Crippen molar-refractivity contribution >= 4 is 85.7 Å². The van der Waals surface area contributed by atoms with Crippen molar-refractivity contribution in [1.82, 2.24) is 0 Å². The van der Waals surface area contributed by atoms with E-state index in [1.165, 1.54) is 0 Å². The molecule has 0 bridgehead atoms. The Bertz CT molecular complexity index is 176. The summed E-state index contributed by atoms with van der Waals surface area (Å²) in [4.78, 5) is 19.4. The van der Waals surface area contributed by atoms with Crippen LogP contribution in [0.25, 0.3) is 0 Å². The second-order valence-electron chi connectivity index (χ2n) is 1.84. The van der Waals surface area contributed by atoms with Crippen molar-refractivity contribution in [2.45, 2.75) is 11.7 Å². The molecule has 84 valence electrons. The molecule has 6 nitrogen and oxygen atoms in total. The van der Waals surface area contributed by atoms with E-state index in [0.29, 0.717) is 0 Å². The van der Waals surface area contributed by atoms with Crippen LogP contribution in [0.4, 0.5) is 0 Å². The molecule has 0 radical (unpaired) electrons. The van der Waals surface area contributed by atoms with Gasteiger partial charge in [-0.1, -0.05) is 41.0 Å². The first-order valence-corrected chi connectivity index (χ1v) is 7.85. The molecule has 0 aliphatic rings. The second-order valence-corrected chi connectivity index (χ2v) is 5.47. The zero-order valence-corrected chi connectivity index (χ0v) is 14.6. The van der Waals surface area contributed by atoms with Gasteiger partial charge in [-0.05, 0) is 0 Å². The SMILES string of the molecule is O=[P+]([O-])C(O)CBr.O=[P+]([O-])C(O)CBr.[Ca+2]. The van der Waals surface area contributed by atoms with Crippen LogP contribution in [-0.4, -0.2) is 70.3 Å². The normalized spacial score (nSPS) is 15.1. The quantitative estimate of drug-likeness (QED) is 0.354. The van der Waals surface area contributed by atoms with Crippen LogP contribution in [0, 0.1) is 0 Å². The third-order valence-corrected chi connectivity index (χ3v) is 4.33. The zero-order chi connectivity index (χ0) is 11.7. The summed E-state index contributed by atoms with van der Waals surface area (Å²) in [6.45, 7) is 0. The van der Waals surface area contributed by atoms with Crippen LogP contribution in [-0.2, 0) is 9.13 Å². The topological polar surface area (TPSA) is 121 Å². The summed E-state index contributed by atoms with van der Waals surface area (Å²) < 4.78 is 19.4. The Balaban J connectivity index is -0.000000180. The summed E-state index contributed by atoms with van der Waals surface area (Å²) in [7, 11) is -5.31. The molecule has 0 aromatic rings. The predicted octanol–water partition coefficient (Wildman–Crippen LogP) is -0.776. The van der Waals surface area contributed by atoms with Gasteiger partial charge in [-0.3, -0.25) is 0 Å². The van der Waals surface area contributed by atoms with Crippen LogP contribution < -0.4 is 9.79 Å². The van der Waals surface area contributed by atoms with Crippen LogP contribution in [0.15, 0.2) is 0 Å². The van der Waals surface area contributed by atoms with Crippen LogP contribution in [0.3, 0.4) is 0 Å². The molecular weight excluding hydrogens is 406 g/mol. The second kappa shape index (κ2) is 14.3. The van der Waals surface area contributed by atoms with Crippen LogP contribution in [0.1, 0.15) is 0 Å². The summed E-state index contributed by atoms with van der Waals surface area (Å²) in [5, 5.41) is 16.8. The molecule has 0 aromatic heterocycles. The summed E-state index contributed by atoms with van der Waals surface area (Å²) >= 11 is 5.56. The first kappa shape index (κ1) is 22.4. The molecule has 0 amide bonds. The van der Waals surface area contributed by atoms with E-state index in [1.54, 1.807) is 0 Å². The number of aliphatic hydroxyl groups is 2. The van der Waals surface area contributed by atoms with Gasteiger partial charge in [0.05, 0.1) is 10.7 Å². The van der Waals surface area contributed by atoms with E-state index in [-0.39, 0.29) is 48.4 Å². The molecule has 4 unspecified atom stereocenters. The Hall–Kier alpha value is 2.26. The number of halogens is 2. The Morgan fingerprint density at radius 3 is 1.20 bits per heavy atom. The first-order chi connectivity index (χ1) is 6.36. The fourth-order valence-electron chi connectivity index (χ4n) is 0.113. The molecule has 0 heterocycles. The van der Waals surface area contributed by atoms with Crippen molar-refractivity contribution in [2.24, 2.45) is 0 Å². The van der Waals surface area contributed by atoms with E-state index in [9.17, 15) is 18.9 Å². The fourth-order valence-corrected chi connectivity index (χ4v) is 1.76. The van der Waals surface area contributed by atoms with E-state index in [4.69, 9.17) is 10.2 Å². The van der Waals surface area contributed by atoms with Crippen LogP contribution in [0.2, 0.25) is 0 Å². The van der Waals surface area contributed by atoms with Crippen molar-refractivity contribution in [2.75, 3.05) is 10.7 Å². The Morgan fingerprint density at radius 2 is 1.20 bits per heavy atom. The molecule has 0 saturated carbocycles. The maximum Gasteiger partial charge on any atom is 2.00 e. The maximum atomic E-state index is 9.69. The minimum absolute atomic E-state index is 0. The third kappa shape index (κ3) is 16.3. The monoisotopic (exact) mass is 412 g/mol. The smallest absolute Gasteiger partial charge is 0.593 e. The molecular formula is C4H8Br2CaO6P2+2. The zero-order valence-electron chi connectivity index (χ0n) is 7.45. The number of alkyl halides is 2. The average molecular weight is 414 g/mol. The van der Waals surface area contributed by atoms with Gasteiger partial charge in [0, 0.05) is 0 Å². The van der Waals surface area contributed by atoms with E-state index < -0.39 is 27.7 Å². The van der Waals surface area contributed by atoms with Gasteiger partial charge in [0.1, 0.15) is 0 Å². The number of hydrogen-bond acceptors (Lipinski definition) is 6. The van der Waals surface area contributed by atoms with E-state index in [2.05, 4.69) is 31.9 Å². The molecule has 15 heavy (non-hydrogen) atoms. The van der Waals surface area contributed by atoms with Gasteiger partial charge < -0.3 is 20.0 Å². The average Bonchev–Trinajstić information content (AvgIpc) is 2.15. The third-order valence-electron chi connectivity index (χ3n) is 0.763. The summed E-state index contributed by atoms with van der Waals surface area (Å²) in [5.74, 6) is -2.45. The molecule has 0 aliphatic heterocycles. The molecule has 2 N–H and O–H groups in total. The Morgan fingerprint density at radius 1 is 1.00 bits per heavy atom. The molecule has 0 spiro atoms. The largest absolute Gasteiger partial charge is 2.00 e. The van der Waals surface area contributed by atoms with Gasteiger partial charge in [0.2, 0.25) is 0 Å². The molecule has 11 heteroatoms. The van der Waals surface area contributed by atoms with Crippen molar-refractivity contribution in [1.29, 1.82) is 0 Å². The fraction of sp³-hybridized carbons (Fsp3) is 1.00. The number of aliphatic hydroxyl groups excluding tert-OH is 2. The summed E-state index contributed by atoms with van der Waals surface area (Å²) in [6.07, 6.45) is 0. The van der Waals surface area contributed by atoms with Crippen molar-refractivity contribution < 1.29 is 29.1 Å².